The van der Waals surface area contributed by atoms with Crippen LogP contribution in [-0.2, 0) is 20.8 Å². The number of ether oxygens (including phenoxy) is 2. The van der Waals surface area contributed by atoms with Gasteiger partial charge in [0.05, 0.1) is 30.7 Å². The zero-order valence-electron chi connectivity index (χ0n) is 17.9. The van der Waals surface area contributed by atoms with E-state index < -0.39 is 75.6 Å². The van der Waals surface area contributed by atoms with Crippen molar-refractivity contribution in [2.75, 3.05) is 27.0 Å². The average molecular weight is 545 g/mol. The summed E-state index contributed by atoms with van der Waals surface area (Å²) in [5.74, 6) is -2.54. The van der Waals surface area contributed by atoms with Gasteiger partial charge < -0.3 is 24.6 Å². The standard InChI is InChI=1S/C17H19F8N3O6S/c1-3-10-6-12(35(21,22,23,24)25)7-11-8-13(15(17(18,19)20)34-14(10)11)16(30)32-9-33-26-28(31)27(2)4-5-29/h6-8,15,29H,3-5,9H2,1-2H3/b28-26-/t15-/m0/s1. The van der Waals surface area contributed by atoms with Crippen molar-refractivity contribution < 1.29 is 61.8 Å². The Morgan fingerprint density at radius 2 is 1.91 bits per heavy atom. The number of hydrazine groups is 1. The predicted octanol–water partition coefficient (Wildman–Crippen LogP) is 4.85. The van der Waals surface area contributed by atoms with Crippen molar-refractivity contribution in [2.24, 2.45) is 5.28 Å². The number of benzene rings is 1. The molecule has 35 heavy (non-hydrogen) atoms. The van der Waals surface area contributed by atoms with E-state index in [0.717, 1.165) is 5.01 Å². The molecule has 0 radical (unpaired) electrons. The normalized spacial score (nSPS) is 18.4. The highest BCUT2D eigenvalue weighted by atomic mass is 32.5. The minimum absolute atomic E-state index is 0.00279. The Kier molecular flexibility index (Phi) is 7.16. The first-order valence-corrected chi connectivity index (χ1v) is 11.4. The van der Waals surface area contributed by atoms with Crippen LogP contribution in [0.5, 0.6) is 5.75 Å². The molecule has 0 saturated carbocycles. The number of likely N-dealkylation sites (N-methyl/N-ethyl adjacent to an activating group) is 1. The maximum Gasteiger partial charge on any atom is 0.430 e. The number of esters is 1. The fourth-order valence-corrected chi connectivity index (χ4v) is 3.50. The molecule has 1 N–H and O–H groups in total. The predicted molar refractivity (Wildman–Crippen MR) is 103 cm³/mol. The van der Waals surface area contributed by atoms with Gasteiger partial charge >= 0.3 is 22.4 Å². The molecule has 200 valence electrons. The van der Waals surface area contributed by atoms with Crippen molar-refractivity contribution in [1.82, 2.24) is 5.01 Å². The number of nitrogens with zero attached hydrogens (tertiary/aromatic N) is 3. The van der Waals surface area contributed by atoms with Gasteiger partial charge in [0.1, 0.15) is 10.6 Å². The van der Waals surface area contributed by atoms with E-state index in [9.17, 15) is 42.6 Å². The molecule has 1 atom stereocenters. The molecule has 1 aromatic rings. The monoisotopic (exact) mass is 545 g/mol. The molecule has 0 saturated heterocycles. The lowest BCUT2D eigenvalue weighted by Crippen LogP contribution is -2.41. The van der Waals surface area contributed by atoms with E-state index in [1.807, 2.05) is 0 Å². The largest absolute Gasteiger partial charge is 0.569 e. The zero-order chi connectivity index (χ0) is 26.9. The molecule has 0 aromatic heterocycles. The Balaban J connectivity index is 2.41. The molecule has 0 fully saturated rings. The van der Waals surface area contributed by atoms with Crippen molar-refractivity contribution >= 4 is 22.3 Å². The minimum atomic E-state index is -10.2. The molecule has 1 aliphatic rings. The van der Waals surface area contributed by atoms with E-state index in [1.54, 1.807) is 0 Å². The van der Waals surface area contributed by atoms with Crippen molar-refractivity contribution in [3.63, 3.8) is 0 Å². The lowest BCUT2D eigenvalue weighted by atomic mass is 9.98. The molecule has 0 bridgehead atoms. The van der Waals surface area contributed by atoms with Gasteiger partial charge in [0.2, 0.25) is 11.4 Å². The highest BCUT2D eigenvalue weighted by molar-refractivity contribution is 8.45. The molecule has 1 aromatic carbocycles. The number of halogens is 8. The number of aryl methyl sites for hydroxylation is 1. The van der Waals surface area contributed by atoms with Gasteiger partial charge in [-0.1, -0.05) is 26.4 Å². The summed E-state index contributed by atoms with van der Waals surface area (Å²) in [5, 5.41) is 23.8. The Bertz CT molecular complexity index is 1050. The molecule has 1 heterocycles. The average Bonchev–Trinajstić information content (AvgIpc) is 2.72. The van der Waals surface area contributed by atoms with Crippen LogP contribution in [0.1, 0.15) is 18.1 Å². The Morgan fingerprint density at radius 3 is 2.43 bits per heavy atom. The third-order valence-electron chi connectivity index (χ3n) is 4.44. The number of fused-ring (bicyclic) bond motifs is 1. The van der Waals surface area contributed by atoms with E-state index in [2.05, 4.69) is 14.9 Å². The van der Waals surface area contributed by atoms with Gasteiger partial charge in [-0.05, 0) is 30.2 Å². The number of rotatable bonds is 9. The van der Waals surface area contributed by atoms with Gasteiger partial charge in [0.25, 0.3) is 6.79 Å². The molecular formula is C17H19F8N3O6S. The van der Waals surface area contributed by atoms with Crippen molar-refractivity contribution in [2.45, 2.75) is 30.5 Å². The second-order valence-electron chi connectivity index (χ2n) is 7.08. The number of aliphatic hydroxyl groups is 1. The summed E-state index contributed by atoms with van der Waals surface area (Å²) in [4.78, 5) is 14.0. The Labute approximate surface area is 192 Å². The molecule has 18 heteroatoms. The van der Waals surface area contributed by atoms with Crippen LogP contribution in [0.15, 0.2) is 27.9 Å². The Morgan fingerprint density at radius 1 is 1.29 bits per heavy atom. The van der Waals surface area contributed by atoms with Crippen LogP contribution in [-0.4, -0.2) is 60.3 Å². The van der Waals surface area contributed by atoms with Gasteiger partial charge in [0.15, 0.2) is 0 Å². The molecule has 0 amide bonds. The fourth-order valence-electron chi connectivity index (χ4n) is 2.78. The third-order valence-corrected chi connectivity index (χ3v) is 5.57. The summed E-state index contributed by atoms with van der Waals surface area (Å²) in [6, 6.07) is -0.114. The topological polar surface area (TPSA) is 107 Å². The van der Waals surface area contributed by atoms with Crippen LogP contribution >= 0.6 is 10.2 Å². The van der Waals surface area contributed by atoms with E-state index in [0.29, 0.717) is 6.08 Å². The highest BCUT2D eigenvalue weighted by Crippen LogP contribution is 3.02. The molecule has 0 spiro atoms. The smallest absolute Gasteiger partial charge is 0.430 e. The van der Waals surface area contributed by atoms with Gasteiger partial charge in [0, 0.05) is 5.56 Å². The quantitative estimate of drug-likeness (QED) is 0.0900. The minimum Gasteiger partial charge on any atom is -0.569 e. The van der Waals surface area contributed by atoms with Crippen molar-refractivity contribution in [1.29, 1.82) is 0 Å². The molecule has 2 rings (SSSR count). The number of carbonyl (C=O) groups is 1. The van der Waals surface area contributed by atoms with Crippen LogP contribution in [0.3, 0.4) is 0 Å². The van der Waals surface area contributed by atoms with Crippen molar-refractivity contribution in [3.8, 4) is 5.75 Å². The number of alkyl halides is 3. The van der Waals surface area contributed by atoms with Crippen LogP contribution in [0.25, 0.3) is 6.08 Å². The summed E-state index contributed by atoms with van der Waals surface area (Å²) in [7, 11) is -9.04. The summed E-state index contributed by atoms with van der Waals surface area (Å²) in [5.41, 5.74) is -2.79. The first-order chi connectivity index (χ1) is 15.8. The summed E-state index contributed by atoms with van der Waals surface area (Å²) >= 11 is 0. The highest BCUT2D eigenvalue weighted by Gasteiger charge is 2.66. The van der Waals surface area contributed by atoms with Gasteiger partial charge in [-0.15, -0.1) is 5.01 Å². The lowest BCUT2D eigenvalue weighted by Gasteiger charge is -2.41. The summed E-state index contributed by atoms with van der Waals surface area (Å²) < 4.78 is 116. The van der Waals surface area contributed by atoms with Crippen molar-refractivity contribution in [3.05, 3.63) is 34.0 Å². The van der Waals surface area contributed by atoms with E-state index in [-0.39, 0.29) is 23.6 Å². The van der Waals surface area contributed by atoms with E-state index in [4.69, 9.17) is 9.84 Å². The van der Waals surface area contributed by atoms with E-state index >= 15 is 0 Å². The molecule has 9 nitrogen and oxygen atoms in total. The first-order valence-electron chi connectivity index (χ1n) is 9.43. The Hall–Kier alpha value is -3.02. The lowest BCUT2D eigenvalue weighted by molar-refractivity contribution is -0.706. The number of hydrogen-bond acceptors (Lipinski definition) is 7. The van der Waals surface area contributed by atoms with E-state index in [1.165, 1.54) is 14.0 Å². The SMILES string of the molecule is CCc1cc(S(F)(F)(F)(F)F)cc2c1O[C@H](C(F)(F)F)C(C(=O)OCO/N=[N+](\[O-])N(C)CCO)=C2. The second kappa shape index (κ2) is 8.89. The van der Waals surface area contributed by atoms with Gasteiger partial charge in [-0.3, -0.25) is 0 Å². The van der Waals surface area contributed by atoms with Crippen LogP contribution in [0.4, 0.5) is 32.6 Å². The first kappa shape index (κ1) is 28.2. The number of hydrogen-bond donors (Lipinski definition) is 1. The number of aliphatic hydroxyl groups excluding tert-OH is 1. The van der Waals surface area contributed by atoms with Crippen LogP contribution in [0, 0.1) is 5.21 Å². The zero-order valence-corrected chi connectivity index (χ0v) is 18.7. The maximum absolute atomic E-state index is 13.5. The summed E-state index contributed by atoms with van der Waals surface area (Å²) in [6.45, 7) is -0.598. The second-order valence-corrected chi connectivity index (χ2v) is 9.49. The molecule has 0 aliphatic carbocycles. The van der Waals surface area contributed by atoms with Gasteiger partial charge in [-0.25, -0.2) is 4.79 Å². The molecule has 0 unspecified atom stereocenters. The van der Waals surface area contributed by atoms with Crippen LogP contribution < -0.4 is 4.74 Å². The summed E-state index contributed by atoms with van der Waals surface area (Å²) in [6.07, 6.45) is -8.34. The molecular weight excluding hydrogens is 526 g/mol. The molecule has 1 aliphatic heterocycles. The van der Waals surface area contributed by atoms with Crippen LogP contribution in [0.2, 0.25) is 0 Å². The fraction of sp³-hybridized carbons (Fsp3) is 0.471. The number of carbonyl (C=O) groups excluding carboxylic acids is 1. The third kappa shape index (κ3) is 7.00. The maximum atomic E-state index is 13.5. The van der Waals surface area contributed by atoms with Gasteiger partial charge in [-0.2, -0.15) is 13.2 Å².